The van der Waals surface area contributed by atoms with Gasteiger partial charge in [-0.25, -0.2) is 4.98 Å². The van der Waals surface area contributed by atoms with Gasteiger partial charge >= 0.3 is 0 Å². The maximum absolute atomic E-state index is 5.72. The van der Waals surface area contributed by atoms with Gasteiger partial charge in [-0.3, -0.25) is 0 Å². The number of rotatable bonds is 7. The highest BCUT2D eigenvalue weighted by Crippen LogP contribution is 2.08. The van der Waals surface area contributed by atoms with Crippen LogP contribution in [0.2, 0.25) is 0 Å². The van der Waals surface area contributed by atoms with Crippen molar-refractivity contribution in [1.29, 1.82) is 0 Å². The molecule has 2 aromatic rings. The van der Waals surface area contributed by atoms with E-state index in [9.17, 15) is 0 Å². The van der Waals surface area contributed by atoms with Gasteiger partial charge in [0.05, 0.1) is 11.2 Å². The Balaban J connectivity index is 1.69. The van der Waals surface area contributed by atoms with Gasteiger partial charge in [0.1, 0.15) is 0 Å². The lowest BCUT2D eigenvalue weighted by Crippen LogP contribution is -2.20. The topological polar surface area (TPSA) is 50.9 Å². The number of nitrogens with zero attached hydrogens (tertiary/aromatic N) is 1. The van der Waals surface area contributed by atoms with Crippen LogP contribution in [0.3, 0.4) is 0 Å². The molecule has 18 heavy (non-hydrogen) atoms. The highest BCUT2D eigenvalue weighted by molar-refractivity contribution is 7.07. The lowest BCUT2D eigenvalue weighted by Gasteiger charge is -2.08. The lowest BCUT2D eigenvalue weighted by atomic mass is 10.0. The van der Waals surface area contributed by atoms with E-state index >= 15 is 0 Å². The number of thiazole rings is 1. The summed E-state index contributed by atoms with van der Waals surface area (Å²) in [6.07, 6.45) is 2.03. The smallest absolute Gasteiger partial charge is 0.0794 e. The molecule has 1 aromatic heterocycles. The largest absolute Gasteiger partial charge is 0.326 e. The zero-order chi connectivity index (χ0) is 12.6. The van der Waals surface area contributed by atoms with Crippen molar-refractivity contribution in [2.75, 3.05) is 13.1 Å². The molecule has 0 atom stereocenters. The van der Waals surface area contributed by atoms with Gasteiger partial charge in [0.15, 0.2) is 0 Å². The van der Waals surface area contributed by atoms with Crippen LogP contribution in [0.4, 0.5) is 0 Å². The zero-order valence-electron chi connectivity index (χ0n) is 10.4. The van der Waals surface area contributed by atoms with Crippen LogP contribution in [-0.2, 0) is 19.4 Å². The Morgan fingerprint density at radius 2 is 1.89 bits per heavy atom. The van der Waals surface area contributed by atoms with Gasteiger partial charge in [0.25, 0.3) is 0 Å². The fraction of sp³-hybridized carbons (Fsp3) is 0.357. The Kier molecular flexibility index (Phi) is 5.33. The van der Waals surface area contributed by atoms with Crippen molar-refractivity contribution in [2.24, 2.45) is 5.73 Å². The standard InChI is InChI=1S/C14H19N3S/c15-9-13-4-2-1-3-12(13)5-7-16-8-6-14-10-18-11-17-14/h1-4,10-11,16H,5-9,15H2. The average Bonchev–Trinajstić information content (AvgIpc) is 2.92. The minimum Gasteiger partial charge on any atom is -0.326 e. The van der Waals surface area contributed by atoms with Crippen molar-refractivity contribution in [1.82, 2.24) is 10.3 Å². The summed E-state index contributed by atoms with van der Waals surface area (Å²) in [7, 11) is 0. The minimum atomic E-state index is 0.620. The van der Waals surface area contributed by atoms with E-state index in [1.807, 2.05) is 11.6 Å². The number of nitrogens with two attached hydrogens (primary N) is 1. The highest BCUT2D eigenvalue weighted by Gasteiger charge is 1.99. The number of hydrogen-bond donors (Lipinski definition) is 2. The van der Waals surface area contributed by atoms with Crippen LogP contribution in [0.5, 0.6) is 0 Å². The summed E-state index contributed by atoms with van der Waals surface area (Å²) in [5.41, 5.74) is 11.4. The Morgan fingerprint density at radius 3 is 2.61 bits per heavy atom. The van der Waals surface area contributed by atoms with Crippen molar-refractivity contribution in [3.8, 4) is 0 Å². The average molecular weight is 261 g/mol. The number of hydrogen-bond acceptors (Lipinski definition) is 4. The van der Waals surface area contributed by atoms with Crippen LogP contribution < -0.4 is 11.1 Å². The van der Waals surface area contributed by atoms with Crippen molar-refractivity contribution >= 4 is 11.3 Å². The molecule has 0 spiro atoms. The van der Waals surface area contributed by atoms with E-state index in [-0.39, 0.29) is 0 Å². The van der Waals surface area contributed by atoms with E-state index < -0.39 is 0 Å². The van der Waals surface area contributed by atoms with E-state index in [2.05, 4.69) is 33.9 Å². The van der Waals surface area contributed by atoms with Gasteiger partial charge in [-0.1, -0.05) is 24.3 Å². The first-order valence-corrected chi connectivity index (χ1v) is 7.19. The molecule has 0 fully saturated rings. The fourth-order valence-corrected chi connectivity index (χ4v) is 2.52. The third-order valence-corrected chi connectivity index (χ3v) is 3.59. The monoisotopic (exact) mass is 261 g/mol. The fourth-order valence-electron chi connectivity index (χ4n) is 1.93. The van der Waals surface area contributed by atoms with Crippen molar-refractivity contribution < 1.29 is 0 Å². The summed E-state index contributed by atoms with van der Waals surface area (Å²) in [5, 5.41) is 5.55. The van der Waals surface area contributed by atoms with Crippen LogP contribution in [0.15, 0.2) is 35.2 Å². The first kappa shape index (κ1) is 13.2. The Morgan fingerprint density at radius 1 is 1.11 bits per heavy atom. The van der Waals surface area contributed by atoms with Gasteiger partial charge < -0.3 is 11.1 Å². The van der Waals surface area contributed by atoms with Crippen molar-refractivity contribution in [3.05, 3.63) is 52.0 Å². The Labute approximate surface area is 112 Å². The van der Waals surface area contributed by atoms with Crippen LogP contribution in [0, 0.1) is 0 Å². The summed E-state index contributed by atoms with van der Waals surface area (Å²) >= 11 is 1.65. The first-order valence-electron chi connectivity index (χ1n) is 6.25. The normalized spacial score (nSPS) is 10.7. The Bertz CT molecular complexity index is 454. The highest BCUT2D eigenvalue weighted by atomic mass is 32.1. The summed E-state index contributed by atoms with van der Waals surface area (Å²) in [5.74, 6) is 0. The molecule has 0 aliphatic carbocycles. The molecular formula is C14H19N3S. The van der Waals surface area contributed by atoms with E-state index in [1.54, 1.807) is 11.3 Å². The van der Waals surface area contributed by atoms with Gasteiger partial charge in [-0.05, 0) is 24.1 Å². The van der Waals surface area contributed by atoms with Crippen LogP contribution in [0.25, 0.3) is 0 Å². The van der Waals surface area contributed by atoms with Gasteiger partial charge in [0, 0.05) is 24.9 Å². The quantitative estimate of drug-likeness (QED) is 0.749. The molecule has 0 aliphatic rings. The predicted octanol–water partition coefficient (Wildman–Crippen LogP) is 1.98. The SMILES string of the molecule is NCc1ccccc1CCNCCc1cscn1. The molecule has 0 bridgehead atoms. The molecule has 3 N–H and O–H groups in total. The maximum Gasteiger partial charge on any atom is 0.0794 e. The molecule has 0 unspecified atom stereocenters. The Hall–Kier alpha value is -1.23. The van der Waals surface area contributed by atoms with Gasteiger partial charge in [-0.2, -0.15) is 0 Å². The summed E-state index contributed by atoms with van der Waals surface area (Å²) in [6, 6.07) is 8.38. The predicted molar refractivity (Wildman–Crippen MR) is 76.7 cm³/mol. The molecule has 1 heterocycles. The lowest BCUT2D eigenvalue weighted by molar-refractivity contribution is 0.674. The molecule has 96 valence electrons. The van der Waals surface area contributed by atoms with Crippen molar-refractivity contribution in [3.63, 3.8) is 0 Å². The van der Waals surface area contributed by atoms with Crippen molar-refractivity contribution in [2.45, 2.75) is 19.4 Å². The van der Waals surface area contributed by atoms with E-state index in [1.165, 1.54) is 16.8 Å². The molecule has 1 aromatic carbocycles. The molecule has 0 saturated heterocycles. The summed E-state index contributed by atoms with van der Waals surface area (Å²) < 4.78 is 0. The van der Waals surface area contributed by atoms with Gasteiger partial charge in [-0.15, -0.1) is 11.3 Å². The molecule has 0 aliphatic heterocycles. The molecule has 3 nitrogen and oxygen atoms in total. The van der Waals surface area contributed by atoms with E-state index in [0.29, 0.717) is 6.54 Å². The molecular weight excluding hydrogens is 242 g/mol. The number of benzene rings is 1. The van der Waals surface area contributed by atoms with Crippen LogP contribution in [-0.4, -0.2) is 18.1 Å². The minimum absolute atomic E-state index is 0.620. The zero-order valence-corrected chi connectivity index (χ0v) is 11.2. The summed E-state index contributed by atoms with van der Waals surface area (Å²) in [6.45, 7) is 2.59. The molecule has 0 saturated carbocycles. The molecule has 2 rings (SSSR count). The van der Waals surface area contributed by atoms with Crippen LogP contribution >= 0.6 is 11.3 Å². The molecule has 0 amide bonds. The molecule has 4 heteroatoms. The third kappa shape index (κ3) is 3.91. The second-order valence-corrected chi connectivity index (χ2v) is 4.92. The third-order valence-electron chi connectivity index (χ3n) is 2.95. The second-order valence-electron chi connectivity index (χ2n) is 4.20. The first-order chi connectivity index (χ1) is 8.90. The van der Waals surface area contributed by atoms with Gasteiger partial charge in [0.2, 0.25) is 0 Å². The summed E-state index contributed by atoms with van der Waals surface area (Å²) in [4.78, 5) is 4.26. The number of aromatic nitrogens is 1. The van der Waals surface area contributed by atoms with Crippen LogP contribution in [0.1, 0.15) is 16.8 Å². The molecule has 0 radical (unpaired) electrons. The second kappa shape index (κ2) is 7.26. The maximum atomic E-state index is 5.72. The van der Waals surface area contributed by atoms with E-state index in [4.69, 9.17) is 5.73 Å². The van der Waals surface area contributed by atoms with E-state index in [0.717, 1.165) is 25.9 Å². The number of nitrogens with one attached hydrogen (secondary N) is 1.